The summed E-state index contributed by atoms with van der Waals surface area (Å²) in [5.41, 5.74) is 0. The number of hydrogen-bond donors (Lipinski definition) is 0. The van der Waals surface area contributed by atoms with Crippen LogP contribution >= 0.6 is 11.8 Å². The molecule has 0 N–H and O–H groups in total. The van der Waals surface area contributed by atoms with Crippen LogP contribution in [-0.4, -0.2) is 9.97 Å². The highest BCUT2D eigenvalue weighted by molar-refractivity contribution is 7.99. The molecule has 14 heavy (non-hydrogen) atoms. The monoisotopic (exact) mass is 202 g/mol. The lowest BCUT2D eigenvalue weighted by molar-refractivity contribution is 0.967. The highest BCUT2D eigenvalue weighted by Crippen LogP contribution is 2.24. The van der Waals surface area contributed by atoms with Crippen molar-refractivity contribution in [2.75, 3.05) is 0 Å². The summed E-state index contributed by atoms with van der Waals surface area (Å²) in [4.78, 5) is 9.58. The van der Waals surface area contributed by atoms with Crippen LogP contribution in [0.1, 0.15) is 5.82 Å². The molecule has 0 atom stereocenters. The van der Waals surface area contributed by atoms with Gasteiger partial charge in [-0.25, -0.2) is 9.97 Å². The second kappa shape index (κ2) is 4.24. The number of rotatable bonds is 2. The minimum atomic E-state index is 0.811. The first kappa shape index (κ1) is 9.21. The summed E-state index contributed by atoms with van der Waals surface area (Å²) >= 11 is 1.65. The smallest absolute Gasteiger partial charge is 0.126 e. The lowest BCUT2D eigenvalue weighted by Crippen LogP contribution is -1.87. The van der Waals surface area contributed by atoms with Crippen molar-refractivity contribution in [3.63, 3.8) is 0 Å². The molecule has 0 unspecified atom stereocenters. The van der Waals surface area contributed by atoms with Crippen molar-refractivity contribution in [1.82, 2.24) is 9.97 Å². The average Bonchev–Trinajstić information content (AvgIpc) is 2.19. The van der Waals surface area contributed by atoms with Crippen molar-refractivity contribution in [3.05, 3.63) is 48.4 Å². The van der Waals surface area contributed by atoms with E-state index in [1.54, 1.807) is 18.0 Å². The SMILES string of the molecule is Cc1nccc(Sc2ccccc2)n1. The molecule has 2 rings (SSSR count). The van der Waals surface area contributed by atoms with Crippen LogP contribution in [0.5, 0.6) is 0 Å². The molecule has 1 heterocycles. The Bertz CT molecular complexity index is 415. The number of nitrogens with zero attached hydrogens (tertiary/aromatic N) is 2. The predicted octanol–water partition coefficient (Wildman–Crippen LogP) is 2.94. The summed E-state index contributed by atoms with van der Waals surface area (Å²) in [5.74, 6) is 0.811. The molecule has 0 fully saturated rings. The van der Waals surface area contributed by atoms with E-state index in [0.717, 1.165) is 10.9 Å². The molecular formula is C11H10N2S. The summed E-state index contributed by atoms with van der Waals surface area (Å²) in [5, 5.41) is 0.990. The topological polar surface area (TPSA) is 25.8 Å². The fourth-order valence-corrected chi connectivity index (χ4v) is 1.94. The van der Waals surface area contributed by atoms with Crippen LogP contribution in [0, 0.1) is 6.92 Å². The van der Waals surface area contributed by atoms with E-state index in [9.17, 15) is 0 Å². The Hall–Kier alpha value is -1.35. The van der Waals surface area contributed by atoms with Crippen LogP contribution in [0.25, 0.3) is 0 Å². The van der Waals surface area contributed by atoms with Gasteiger partial charge < -0.3 is 0 Å². The Balaban J connectivity index is 2.19. The molecule has 0 aliphatic rings. The van der Waals surface area contributed by atoms with Crippen molar-refractivity contribution in [1.29, 1.82) is 0 Å². The fourth-order valence-electron chi connectivity index (χ4n) is 1.10. The van der Waals surface area contributed by atoms with Gasteiger partial charge in [-0.3, -0.25) is 0 Å². The third kappa shape index (κ3) is 2.33. The largest absolute Gasteiger partial charge is 0.242 e. The Morgan fingerprint density at radius 3 is 2.57 bits per heavy atom. The first-order valence-corrected chi connectivity index (χ1v) is 5.19. The van der Waals surface area contributed by atoms with Crippen molar-refractivity contribution < 1.29 is 0 Å². The second-order valence-corrected chi connectivity index (χ2v) is 3.95. The minimum Gasteiger partial charge on any atom is -0.242 e. The summed E-state index contributed by atoms with van der Waals surface area (Å²) in [6.07, 6.45) is 1.79. The average molecular weight is 202 g/mol. The van der Waals surface area contributed by atoms with Gasteiger partial charge in [0.25, 0.3) is 0 Å². The molecule has 0 bridgehead atoms. The van der Waals surface area contributed by atoms with E-state index >= 15 is 0 Å². The fraction of sp³-hybridized carbons (Fsp3) is 0.0909. The van der Waals surface area contributed by atoms with Gasteiger partial charge in [-0.05, 0) is 25.1 Å². The van der Waals surface area contributed by atoms with Crippen molar-refractivity contribution in [2.45, 2.75) is 16.8 Å². The molecule has 0 saturated heterocycles. The Kier molecular flexibility index (Phi) is 2.79. The van der Waals surface area contributed by atoms with Crippen LogP contribution in [0.2, 0.25) is 0 Å². The zero-order valence-electron chi connectivity index (χ0n) is 7.84. The summed E-state index contributed by atoms with van der Waals surface area (Å²) in [6, 6.07) is 12.1. The van der Waals surface area contributed by atoms with E-state index in [0.29, 0.717) is 0 Å². The molecule has 1 aromatic carbocycles. The van der Waals surface area contributed by atoms with Crippen LogP contribution < -0.4 is 0 Å². The van der Waals surface area contributed by atoms with Crippen LogP contribution in [-0.2, 0) is 0 Å². The van der Waals surface area contributed by atoms with Crippen LogP contribution in [0.15, 0.2) is 52.5 Å². The molecule has 0 radical (unpaired) electrons. The zero-order valence-corrected chi connectivity index (χ0v) is 8.66. The molecule has 2 nitrogen and oxygen atoms in total. The first-order chi connectivity index (χ1) is 6.84. The summed E-state index contributed by atoms with van der Waals surface area (Å²) < 4.78 is 0. The second-order valence-electron chi connectivity index (χ2n) is 2.86. The van der Waals surface area contributed by atoms with Crippen molar-refractivity contribution >= 4 is 11.8 Å². The van der Waals surface area contributed by atoms with Gasteiger partial charge in [0, 0.05) is 11.1 Å². The Morgan fingerprint density at radius 1 is 1.07 bits per heavy atom. The first-order valence-electron chi connectivity index (χ1n) is 4.37. The van der Waals surface area contributed by atoms with E-state index in [1.807, 2.05) is 31.2 Å². The molecule has 1 aromatic heterocycles. The van der Waals surface area contributed by atoms with E-state index in [2.05, 4.69) is 22.1 Å². The quantitative estimate of drug-likeness (QED) is 0.700. The molecular weight excluding hydrogens is 192 g/mol. The van der Waals surface area contributed by atoms with Crippen molar-refractivity contribution in [2.24, 2.45) is 0 Å². The maximum atomic E-state index is 4.32. The lowest BCUT2D eigenvalue weighted by Gasteiger charge is -2.00. The Morgan fingerprint density at radius 2 is 1.86 bits per heavy atom. The van der Waals surface area contributed by atoms with Gasteiger partial charge in [0.1, 0.15) is 10.9 Å². The van der Waals surface area contributed by atoms with Gasteiger partial charge >= 0.3 is 0 Å². The highest BCUT2D eigenvalue weighted by atomic mass is 32.2. The van der Waals surface area contributed by atoms with Gasteiger partial charge in [0.15, 0.2) is 0 Å². The molecule has 0 aliphatic carbocycles. The molecule has 0 amide bonds. The van der Waals surface area contributed by atoms with E-state index in [1.165, 1.54) is 4.90 Å². The van der Waals surface area contributed by atoms with E-state index in [4.69, 9.17) is 0 Å². The maximum Gasteiger partial charge on any atom is 0.126 e. The molecule has 0 aliphatic heterocycles. The van der Waals surface area contributed by atoms with Crippen molar-refractivity contribution in [3.8, 4) is 0 Å². The standard InChI is InChI=1S/C11H10N2S/c1-9-12-8-7-11(13-9)14-10-5-3-2-4-6-10/h2-8H,1H3. The predicted molar refractivity (Wildman–Crippen MR) is 57.3 cm³/mol. The number of hydrogen-bond acceptors (Lipinski definition) is 3. The lowest BCUT2D eigenvalue weighted by atomic mass is 10.4. The van der Waals surface area contributed by atoms with Gasteiger partial charge in [-0.15, -0.1) is 0 Å². The zero-order chi connectivity index (χ0) is 9.80. The summed E-state index contributed by atoms with van der Waals surface area (Å²) in [7, 11) is 0. The highest BCUT2D eigenvalue weighted by Gasteiger charge is 1.97. The third-order valence-corrected chi connectivity index (χ3v) is 2.66. The molecule has 0 spiro atoms. The minimum absolute atomic E-state index is 0.811. The number of aryl methyl sites for hydroxylation is 1. The third-order valence-electron chi connectivity index (χ3n) is 1.72. The van der Waals surface area contributed by atoms with E-state index < -0.39 is 0 Å². The molecule has 2 aromatic rings. The van der Waals surface area contributed by atoms with Gasteiger partial charge in [-0.2, -0.15) is 0 Å². The van der Waals surface area contributed by atoms with Gasteiger partial charge in [-0.1, -0.05) is 30.0 Å². The van der Waals surface area contributed by atoms with Crippen LogP contribution in [0.4, 0.5) is 0 Å². The summed E-state index contributed by atoms with van der Waals surface area (Å²) in [6.45, 7) is 1.90. The number of aromatic nitrogens is 2. The Labute approximate surface area is 87.4 Å². The van der Waals surface area contributed by atoms with Gasteiger partial charge in [0.05, 0.1) is 0 Å². The van der Waals surface area contributed by atoms with Gasteiger partial charge in [0.2, 0.25) is 0 Å². The molecule has 3 heteroatoms. The van der Waals surface area contributed by atoms with Crippen LogP contribution in [0.3, 0.4) is 0 Å². The van der Waals surface area contributed by atoms with E-state index in [-0.39, 0.29) is 0 Å². The molecule has 0 saturated carbocycles. The maximum absolute atomic E-state index is 4.32. The number of benzene rings is 1. The molecule has 70 valence electrons. The normalized spacial score (nSPS) is 10.1.